The number of aryl methyl sites for hydroxylation is 1. The number of likely N-dealkylation sites (tertiary alicyclic amines) is 1. The molecule has 3 rings (SSSR count). The molecule has 23 heavy (non-hydrogen) atoms. The average Bonchev–Trinajstić information content (AvgIpc) is 3.10. The number of ether oxygens (including phenoxy) is 1. The summed E-state index contributed by atoms with van der Waals surface area (Å²) in [4.78, 5) is 14.8. The summed E-state index contributed by atoms with van der Waals surface area (Å²) in [6.07, 6.45) is 1.81. The van der Waals surface area contributed by atoms with Crippen molar-refractivity contribution in [1.29, 1.82) is 0 Å². The van der Waals surface area contributed by atoms with Crippen molar-refractivity contribution in [2.24, 2.45) is 0 Å². The second-order valence-electron chi connectivity index (χ2n) is 6.20. The van der Waals surface area contributed by atoms with E-state index in [9.17, 15) is 4.79 Å². The quantitative estimate of drug-likeness (QED) is 0.921. The molecule has 1 N–H and O–H groups in total. The smallest absolute Gasteiger partial charge is 0.242 e. The fourth-order valence-corrected chi connectivity index (χ4v) is 3.73. The number of carbonyl (C=O) groups is 1. The highest BCUT2D eigenvalue weighted by atomic mass is 16.5. The van der Waals surface area contributed by atoms with Gasteiger partial charge in [0, 0.05) is 31.7 Å². The first-order valence-electron chi connectivity index (χ1n) is 8.05. The second kappa shape index (κ2) is 6.34. The van der Waals surface area contributed by atoms with E-state index in [1.807, 2.05) is 25.1 Å². The zero-order valence-corrected chi connectivity index (χ0v) is 14.0. The highest BCUT2D eigenvalue weighted by Gasteiger charge is 2.47. The van der Waals surface area contributed by atoms with Gasteiger partial charge in [-0.2, -0.15) is 0 Å². The Morgan fingerprint density at radius 2 is 2.22 bits per heavy atom. The zero-order valence-electron chi connectivity index (χ0n) is 14.0. The number of furan rings is 1. The minimum Gasteiger partial charge on any atom is -0.461 e. The van der Waals surface area contributed by atoms with Gasteiger partial charge in [-0.3, -0.25) is 9.69 Å². The van der Waals surface area contributed by atoms with Crippen molar-refractivity contribution in [1.82, 2.24) is 10.2 Å². The summed E-state index contributed by atoms with van der Waals surface area (Å²) in [5.41, 5.74) is 1.47. The van der Waals surface area contributed by atoms with Gasteiger partial charge in [-0.05, 0) is 32.4 Å². The van der Waals surface area contributed by atoms with Crippen LogP contribution in [0.25, 0.3) is 11.0 Å². The van der Waals surface area contributed by atoms with Gasteiger partial charge in [-0.15, -0.1) is 0 Å². The molecule has 2 heterocycles. The lowest BCUT2D eigenvalue weighted by atomic mass is 9.95. The number of fused-ring (bicyclic) bond motifs is 1. The molecule has 2 aromatic rings. The number of rotatable bonds is 5. The van der Waals surface area contributed by atoms with Crippen LogP contribution in [0, 0.1) is 6.92 Å². The van der Waals surface area contributed by atoms with E-state index in [-0.39, 0.29) is 5.91 Å². The lowest BCUT2D eigenvalue weighted by molar-refractivity contribution is -0.135. The van der Waals surface area contributed by atoms with Crippen LogP contribution in [0.1, 0.15) is 24.2 Å². The van der Waals surface area contributed by atoms with Crippen molar-refractivity contribution in [2.75, 3.05) is 27.3 Å². The number of likely N-dealkylation sites (N-methyl/N-ethyl adjacent to an activating group) is 1. The second-order valence-corrected chi connectivity index (χ2v) is 6.20. The van der Waals surface area contributed by atoms with E-state index in [1.165, 1.54) is 0 Å². The van der Waals surface area contributed by atoms with E-state index >= 15 is 0 Å². The number of hydrogen-bond donors (Lipinski definition) is 1. The maximum absolute atomic E-state index is 12.6. The van der Waals surface area contributed by atoms with Crippen LogP contribution in [0.3, 0.4) is 0 Å². The Hall–Kier alpha value is -1.85. The van der Waals surface area contributed by atoms with Crippen LogP contribution >= 0.6 is 0 Å². The predicted molar refractivity (Wildman–Crippen MR) is 89.3 cm³/mol. The molecular weight excluding hydrogens is 292 g/mol. The summed E-state index contributed by atoms with van der Waals surface area (Å²) in [6, 6.07) is 8.06. The highest BCUT2D eigenvalue weighted by molar-refractivity contribution is 5.87. The zero-order chi connectivity index (χ0) is 16.4. The maximum Gasteiger partial charge on any atom is 0.242 e. The van der Waals surface area contributed by atoms with Gasteiger partial charge in [0.15, 0.2) is 0 Å². The summed E-state index contributed by atoms with van der Waals surface area (Å²) in [6.45, 7) is 3.97. The lowest BCUT2D eigenvalue weighted by Gasteiger charge is -2.36. The molecular formula is C18H24N2O3. The summed E-state index contributed by atoms with van der Waals surface area (Å²) in [5, 5.41) is 3.94. The van der Waals surface area contributed by atoms with Gasteiger partial charge in [0.2, 0.25) is 5.91 Å². The maximum atomic E-state index is 12.6. The van der Waals surface area contributed by atoms with E-state index in [1.54, 1.807) is 14.2 Å². The molecule has 1 saturated heterocycles. The first-order valence-corrected chi connectivity index (χ1v) is 8.05. The molecule has 1 aliphatic rings. The monoisotopic (exact) mass is 316 g/mol. The van der Waals surface area contributed by atoms with E-state index in [4.69, 9.17) is 9.15 Å². The fraction of sp³-hybridized carbons (Fsp3) is 0.500. The summed E-state index contributed by atoms with van der Waals surface area (Å²) in [5.74, 6) is 0.948. The third-order valence-corrected chi connectivity index (χ3v) is 4.91. The molecule has 1 amide bonds. The van der Waals surface area contributed by atoms with E-state index in [0.29, 0.717) is 13.2 Å². The van der Waals surface area contributed by atoms with Gasteiger partial charge in [0.25, 0.3) is 0 Å². The van der Waals surface area contributed by atoms with E-state index in [2.05, 4.69) is 16.3 Å². The third kappa shape index (κ3) is 2.64. The van der Waals surface area contributed by atoms with Crippen LogP contribution < -0.4 is 5.32 Å². The van der Waals surface area contributed by atoms with Crippen molar-refractivity contribution in [3.05, 3.63) is 35.6 Å². The molecule has 0 radical (unpaired) electrons. The molecule has 1 fully saturated rings. The minimum atomic E-state index is -0.589. The highest BCUT2D eigenvalue weighted by Crippen LogP contribution is 2.34. The molecule has 5 nitrogen and oxygen atoms in total. The predicted octanol–water partition coefficient (Wildman–Crippen LogP) is 2.47. The number of nitrogens with zero attached hydrogens (tertiary/aromatic N) is 1. The molecule has 1 aromatic carbocycles. The molecule has 1 aromatic heterocycles. The minimum absolute atomic E-state index is 0.0299. The number of carbonyl (C=O) groups excluding carboxylic acids is 1. The van der Waals surface area contributed by atoms with Crippen LogP contribution in [-0.4, -0.2) is 43.7 Å². The van der Waals surface area contributed by atoms with Crippen LogP contribution in [0.5, 0.6) is 0 Å². The molecule has 1 aliphatic heterocycles. The number of nitrogens with one attached hydrogen (secondary N) is 1. The van der Waals surface area contributed by atoms with Gasteiger partial charge in [-0.25, -0.2) is 0 Å². The van der Waals surface area contributed by atoms with Crippen LogP contribution in [0.15, 0.2) is 28.7 Å². The molecule has 0 saturated carbocycles. The molecule has 0 aliphatic carbocycles. The largest absolute Gasteiger partial charge is 0.461 e. The average molecular weight is 316 g/mol. The third-order valence-electron chi connectivity index (χ3n) is 4.91. The van der Waals surface area contributed by atoms with Gasteiger partial charge >= 0.3 is 0 Å². The van der Waals surface area contributed by atoms with Crippen molar-refractivity contribution in [2.45, 2.75) is 31.8 Å². The molecule has 1 unspecified atom stereocenters. The Balaban J connectivity index is 1.96. The fourth-order valence-electron chi connectivity index (χ4n) is 3.73. The molecule has 1 atom stereocenters. The van der Waals surface area contributed by atoms with Gasteiger partial charge in [-0.1, -0.05) is 18.2 Å². The van der Waals surface area contributed by atoms with Gasteiger partial charge < -0.3 is 14.5 Å². The van der Waals surface area contributed by atoms with Crippen molar-refractivity contribution in [3.8, 4) is 0 Å². The SMILES string of the molecule is CNC(=O)C1(COC)CCCN1Cc1c(C)oc2ccccc12. The lowest BCUT2D eigenvalue weighted by Crippen LogP contribution is -2.57. The summed E-state index contributed by atoms with van der Waals surface area (Å²) < 4.78 is 11.3. The topological polar surface area (TPSA) is 54.7 Å². The van der Waals surface area contributed by atoms with Gasteiger partial charge in [0.05, 0.1) is 6.61 Å². The molecule has 0 bridgehead atoms. The van der Waals surface area contributed by atoms with Crippen molar-refractivity contribution in [3.63, 3.8) is 0 Å². The molecule has 5 heteroatoms. The number of benzene rings is 1. The van der Waals surface area contributed by atoms with E-state index in [0.717, 1.165) is 41.7 Å². The Morgan fingerprint density at radius 1 is 1.43 bits per heavy atom. The van der Waals surface area contributed by atoms with E-state index < -0.39 is 5.54 Å². The Kier molecular flexibility index (Phi) is 4.41. The van der Waals surface area contributed by atoms with Crippen LogP contribution in [0.2, 0.25) is 0 Å². The van der Waals surface area contributed by atoms with Crippen molar-refractivity contribution >= 4 is 16.9 Å². The van der Waals surface area contributed by atoms with Gasteiger partial charge in [0.1, 0.15) is 16.9 Å². The summed E-state index contributed by atoms with van der Waals surface area (Å²) >= 11 is 0. The first-order chi connectivity index (χ1) is 11.1. The van der Waals surface area contributed by atoms with Crippen LogP contribution in [-0.2, 0) is 16.1 Å². The first kappa shape index (κ1) is 16.0. The number of amides is 1. The van der Waals surface area contributed by atoms with Crippen LogP contribution in [0.4, 0.5) is 0 Å². The Bertz CT molecular complexity index is 709. The van der Waals surface area contributed by atoms with Crippen molar-refractivity contribution < 1.29 is 13.9 Å². The Labute approximate surface area is 136 Å². The normalized spacial score (nSPS) is 21.9. The summed E-state index contributed by atoms with van der Waals surface area (Å²) in [7, 11) is 3.34. The standard InChI is InChI=1S/C18H24N2O3/c1-13-15(14-7-4-5-8-16(14)23-13)11-20-10-6-9-18(20,12-22-3)17(21)19-2/h4-5,7-8H,6,9-12H2,1-3H3,(H,19,21). The number of para-hydroxylation sites is 1. The molecule has 0 spiro atoms. The number of hydrogen-bond acceptors (Lipinski definition) is 4. The molecule has 124 valence electrons. The Morgan fingerprint density at radius 3 is 2.96 bits per heavy atom. The number of methoxy groups -OCH3 is 1.